The number of benzene rings is 3. The Bertz CT molecular complexity index is 1490. The molecule has 6 nitrogen and oxygen atoms in total. The number of carbonyl (C=O) groups excluding carboxylic acids is 2. The van der Waals surface area contributed by atoms with Crippen molar-refractivity contribution in [2.45, 2.75) is 13.0 Å². The van der Waals surface area contributed by atoms with Gasteiger partial charge in [-0.1, -0.05) is 48.5 Å². The second-order valence-corrected chi connectivity index (χ2v) is 7.97. The van der Waals surface area contributed by atoms with Gasteiger partial charge in [-0.3, -0.25) is 14.5 Å². The zero-order valence-electron chi connectivity index (χ0n) is 18.4. The molecule has 0 aliphatic carbocycles. The lowest BCUT2D eigenvalue weighted by Crippen LogP contribution is -2.32. The van der Waals surface area contributed by atoms with Crippen LogP contribution in [0.2, 0.25) is 0 Å². The Hall–Kier alpha value is -4.39. The number of furan rings is 1. The van der Waals surface area contributed by atoms with Gasteiger partial charge in [0.15, 0.2) is 22.9 Å². The van der Waals surface area contributed by atoms with Crippen molar-refractivity contribution in [2.24, 2.45) is 0 Å². The minimum absolute atomic E-state index is 0.0835. The molecule has 1 aromatic heterocycles. The molecule has 170 valence electrons. The van der Waals surface area contributed by atoms with Crippen LogP contribution in [0.1, 0.15) is 27.7 Å². The number of hydrogen-bond acceptors (Lipinski definition) is 5. The zero-order chi connectivity index (χ0) is 24.0. The Morgan fingerprint density at radius 1 is 1.06 bits per heavy atom. The van der Waals surface area contributed by atoms with Crippen molar-refractivity contribution in [1.29, 1.82) is 0 Å². The third-order valence-electron chi connectivity index (χ3n) is 5.98. The number of methoxy groups -OCH3 is 1. The van der Waals surface area contributed by atoms with E-state index < -0.39 is 29.3 Å². The number of amides is 1. The highest BCUT2D eigenvalue weighted by Crippen LogP contribution is 2.44. The van der Waals surface area contributed by atoms with E-state index in [1.807, 2.05) is 0 Å². The van der Waals surface area contributed by atoms with E-state index in [9.17, 15) is 19.1 Å². The van der Waals surface area contributed by atoms with Crippen molar-refractivity contribution >= 4 is 28.3 Å². The lowest BCUT2D eigenvalue weighted by Gasteiger charge is -2.28. The normalized spacial score (nSPS) is 15.9. The van der Waals surface area contributed by atoms with E-state index in [0.717, 1.165) is 5.56 Å². The Balaban J connectivity index is 1.70. The summed E-state index contributed by atoms with van der Waals surface area (Å²) in [4.78, 5) is 28.2. The maximum atomic E-state index is 15.0. The molecule has 0 bridgehead atoms. The van der Waals surface area contributed by atoms with E-state index in [2.05, 4.69) is 0 Å². The number of para-hydroxylation sites is 2. The molecule has 0 spiro atoms. The number of fused-ring (bicyclic) bond motifs is 1. The van der Waals surface area contributed by atoms with Gasteiger partial charge in [0, 0.05) is 16.6 Å². The molecule has 1 aliphatic rings. The molecule has 0 saturated heterocycles. The summed E-state index contributed by atoms with van der Waals surface area (Å²) in [7, 11) is 1.48. The average molecular weight is 457 g/mol. The molecule has 1 unspecified atom stereocenters. The number of halogens is 1. The van der Waals surface area contributed by atoms with Gasteiger partial charge in [0.2, 0.25) is 5.78 Å². The Morgan fingerprint density at radius 2 is 1.79 bits per heavy atom. The number of aryl methyl sites for hydroxylation is 1. The highest BCUT2D eigenvalue weighted by molar-refractivity contribution is 6.21. The summed E-state index contributed by atoms with van der Waals surface area (Å²) >= 11 is 0. The van der Waals surface area contributed by atoms with Gasteiger partial charge in [0.25, 0.3) is 5.91 Å². The van der Waals surface area contributed by atoms with Gasteiger partial charge in [0.1, 0.15) is 5.82 Å². The summed E-state index contributed by atoms with van der Waals surface area (Å²) in [5.74, 6) is -2.52. The van der Waals surface area contributed by atoms with Crippen LogP contribution in [0.5, 0.6) is 5.75 Å². The fourth-order valence-electron chi connectivity index (χ4n) is 4.35. The molecule has 2 heterocycles. The predicted octanol–water partition coefficient (Wildman–Crippen LogP) is 5.67. The second-order valence-electron chi connectivity index (χ2n) is 7.97. The number of carbonyl (C=O) groups is 2. The number of ketones is 1. The van der Waals surface area contributed by atoms with Crippen LogP contribution in [0.4, 0.5) is 10.1 Å². The van der Waals surface area contributed by atoms with Crippen molar-refractivity contribution < 1.29 is 28.2 Å². The minimum Gasteiger partial charge on any atom is -0.503 e. The van der Waals surface area contributed by atoms with E-state index in [0.29, 0.717) is 22.4 Å². The topological polar surface area (TPSA) is 80.0 Å². The van der Waals surface area contributed by atoms with E-state index in [4.69, 9.17) is 9.15 Å². The molecule has 5 rings (SSSR count). The highest BCUT2D eigenvalue weighted by atomic mass is 19.1. The van der Waals surface area contributed by atoms with Crippen LogP contribution in [0, 0.1) is 12.7 Å². The fraction of sp³-hybridized carbons (Fsp3) is 0.111. The summed E-state index contributed by atoms with van der Waals surface area (Å²) in [5, 5.41) is 11.5. The number of ether oxygens (including phenoxy) is 1. The lowest BCUT2D eigenvalue weighted by atomic mass is 9.94. The highest BCUT2D eigenvalue weighted by Gasteiger charge is 2.46. The standard InChI is InChI=1S/C27H20FNO5/c1-15-8-3-6-12-19(15)29-23(17-10-4-5-11-18(17)28)22(25(31)27(29)32)24(30)21-14-16-9-7-13-20(33-2)26(16)34-21/h3-14,23,31H,1-2H3. The monoisotopic (exact) mass is 457 g/mol. The maximum absolute atomic E-state index is 15.0. The second kappa shape index (κ2) is 8.19. The first kappa shape index (κ1) is 21.5. The molecular formula is C27H20FNO5. The molecule has 1 atom stereocenters. The summed E-state index contributed by atoms with van der Waals surface area (Å²) in [6.07, 6.45) is 0. The smallest absolute Gasteiger partial charge is 0.294 e. The Labute approximate surface area is 194 Å². The number of Topliss-reactive ketones (excluding diaryl/α,β-unsaturated/α-hetero) is 1. The molecule has 1 amide bonds. The molecule has 0 fully saturated rings. The molecule has 34 heavy (non-hydrogen) atoms. The molecular weight excluding hydrogens is 437 g/mol. The van der Waals surface area contributed by atoms with Crippen molar-refractivity contribution in [3.05, 3.63) is 107 Å². The lowest BCUT2D eigenvalue weighted by molar-refractivity contribution is -0.117. The number of aliphatic hydroxyl groups is 1. The number of anilines is 1. The van der Waals surface area contributed by atoms with Crippen molar-refractivity contribution in [3.63, 3.8) is 0 Å². The first-order chi connectivity index (χ1) is 16.4. The quantitative estimate of drug-likeness (QED) is 0.391. The van der Waals surface area contributed by atoms with Crippen LogP contribution in [0.25, 0.3) is 11.0 Å². The minimum atomic E-state index is -1.18. The van der Waals surface area contributed by atoms with Crippen LogP contribution < -0.4 is 9.64 Å². The van der Waals surface area contributed by atoms with Crippen LogP contribution in [0.3, 0.4) is 0 Å². The van der Waals surface area contributed by atoms with Gasteiger partial charge in [-0.15, -0.1) is 0 Å². The number of nitrogens with zero attached hydrogens (tertiary/aromatic N) is 1. The van der Waals surface area contributed by atoms with Gasteiger partial charge in [-0.2, -0.15) is 0 Å². The van der Waals surface area contributed by atoms with E-state index in [1.54, 1.807) is 55.5 Å². The molecule has 0 saturated carbocycles. The van der Waals surface area contributed by atoms with Gasteiger partial charge >= 0.3 is 0 Å². The third kappa shape index (κ3) is 3.25. The number of hydrogen-bond donors (Lipinski definition) is 1. The SMILES string of the molecule is COc1cccc2cc(C(=O)C3=C(O)C(=O)N(c4ccccc4C)C3c3ccccc3F)oc12. The average Bonchev–Trinajstić information content (AvgIpc) is 3.39. The van der Waals surface area contributed by atoms with Gasteiger partial charge in [0.05, 0.1) is 18.7 Å². The van der Waals surface area contributed by atoms with Crippen molar-refractivity contribution in [3.8, 4) is 5.75 Å². The van der Waals surface area contributed by atoms with Crippen LogP contribution >= 0.6 is 0 Å². The first-order valence-corrected chi connectivity index (χ1v) is 10.6. The largest absolute Gasteiger partial charge is 0.503 e. The van der Waals surface area contributed by atoms with E-state index in [1.165, 1.54) is 36.3 Å². The Kier molecular flexibility index (Phi) is 5.17. The number of rotatable bonds is 5. The van der Waals surface area contributed by atoms with Crippen molar-refractivity contribution in [2.75, 3.05) is 12.0 Å². The number of aliphatic hydroxyl groups excluding tert-OH is 1. The van der Waals surface area contributed by atoms with Gasteiger partial charge in [-0.05, 0) is 36.8 Å². The van der Waals surface area contributed by atoms with E-state index >= 15 is 0 Å². The third-order valence-corrected chi connectivity index (χ3v) is 5.98. The van der Waals surface area contributed by atoms with E-state index in [-0.39, 0.29) is 16.9 Å². The molecule has 1 N–H and O–H groups in total. The molecule has 0 radical (unpaired) electrons. The van der Waals surface area contributed by atoms with Crippen LogP contribution in [0.15, 0.2) is 88.5 Å². The van der Waals surface area contributed by atoms with Crippen molar-refractivity contribution in [1.82, 2.24) is 0 Å². The van der Waals surface area contributed by atoms with Gasteiger partial charge < -0.3 is 14.3 Å². The molecule has 1 aliphatic heterocycles. The summed E-state index contributed by atoms with van der Waals surface area (Å²) in [5.41, 5.74) is 1.38. The first-order valence-electron chi connectivity index (χ1n) is 10.6. The van der Waals surface area contributed by atoms with Gasteiger partial charge in [-0.25, -0.2) is 4.39 Å². The van der Waals surface area contributed by atoms with Crippen LogP contribution in [-0.2, 0) is 4.79 Å². The summed E-state index contributed by atoms with van der Waals surface area (Å²) in [6.45, 7) is 1.80. The molecule has 4 aromatic rings. The van der Waals surface area contributed by atoms with Crippen LogP contribution in [-0.4, -0.2) is 23.9 Å². The predicted molar refractivity (Wildman–Crippen MR) is 125 cm³/mol. The zero-order valence-corrected chi connectivity index (χ0v) is 18.4. The summed E-state index contributed by atoms with van der Waals surface area (Å²) < 4.78 is 26.1. The maximum Gasteiger partial charge on any atom is 0.294 e. The summed E-state index contributed by atoms with van der Waals surface area (Å²) in [6, 6.07) is 18.4. The molecule has 3 aromatic carbocycles. The Morgan fingerprint density at radius 3 is 2.53 bits per heavy atom. The fourth-order valence-corrected chi connectivity index (χ4v) is 4.35. The molecule has 7 heteroatoms.